The Morgan fingerprint density at radius 2 is 2.00 bits per heavy atom. The first-order valence-corrected chi connectivity index (χ1v) is 11.3. The normalized spacial score (nSPS) is 20.4. The molecule has 1 unspecified atom stereocenters. The number of hydrogen-bond acceptors (Lipinski definition) is 4. The largest absolute Gasteiger partial charge is 0.369 e. The van der Waals surface area contributed by atoms with Crippen molar-refractivity contribution in [2.24, 2.45) is 16.6 Å². The summed E-state index contributed by atoms with van der Waals surface area (Å²) < 4.78 is 0. The van der Waals surface area contributed by atoms with Gasteiger partial charge < -0.3 is 25.8 Å². The van der Waals surface area contributed by atoms with Gasteiger partial charge in [0.05, 0.1) is 5.92 Å². The summed E-state index contributed by atoms with van der Waals surface area (Å²) in [6.07, 6.45) is 3.00. The summed E-state index contributed by atoms with van der Waals surface area (Å²) in [6.45, 7) is 9.60. The number of primary amides is 1. The molecule has 0 radical (unpaired) electrons. The molecule has 2 aliphatic heterocycles. The summed E-state index contributed by atoms with van der Waals surface area (Å²) >= 11 is 6.20. The van der Waals surface area contributed by atoms with Crippen LogP contribution in [-0.4, -0.2) is 81.1 Å². The van der Waals surface area contributed by atoms with Crippen LogP contribution in [0.3, 0.4) is 0 Å². The number of aliphatic imine (C=N–C) groups is 1. The standard InChI is InChI=1S/C22H35ClN6O.HI/c1-17-6-7-19(23)15-20(17)28-11-13-29(14-12-28)22(25-2)26-8-4-10-27-9-3-5-18(16-27)21(24)30;/h6-7,15,18H,3-5,8-14,16H2,1-2H3,(H2,24,30)(H,25,26);1H. The van der Waals surface area contributed by atoms with Crippen LogP contribution < -0.4 is 16.0 Å². The minimum absolute atomic E-state index is 0. The third-order valence-corrected chi connectivity index (χ3v) is 6.38. The average Bonchev–Trinajstić information content (AvgIpc) is 2.76. The van der Waals surface area contributed by atoms with Crippen LogP contribution in [0, 0.1) is 12.8 Å². The van der Waals surface area contributed by atoms with E-state index in [-0.39, 0.29) is 35.8 Å². The van der Waals surface area contributed by atoms with Gasteiger partial charge in [0.15, 0.2) is 5.96 Å². The van der Waals surface area contributed by atoms with Crippen LogP contribution in [0.5, 0.6) is 0 Å². The fourth-order valence-electron chi connectivity index (χ4n) is 4.41. The molecule has 9 heteroatoms. The van der Waals surface area contributed by atoms with Crippen molar-refractivity contribution >= 4 is 53.1 Å². The van der Waals surface area contributed by atoms with E-state index in [0.29, 0.717) is 0 Å². The number of guanidine groups is 1. The van der Waals surface area contributed by atoms with Crippen LogP contribution in [0.4, 0.5) is 5.69 Å². The highest BCUT2D eigenvalue weighted by Gasteiger charge is 2.24. The van der Waals surface area contributed by atoms with Crippen molar-refractivity contribution in [1.29, 1.82) is 0 Å². The highest BCUT2D eigenvalue weighted by molar-refractivity contribution is 14.0. The lowest BCUT2D eigenvalue weighted by atomic mass is 9.97. The minimum Gasteiger partial charge on any atom is -0.369 e. The lowest BCUT2D eigenvalue weighted by Gasteiger charge is -2.38. The number of aryl methyl sites for hydroxylation is 1. The molecule has 3 rings (SSSR count). The van der Waals surface area contributed by atoms with Gasteiger partial charge in [0, 0.05) is 57.0 Å². The van der Waals surface area contributed by atoms with E-state index >= 15 is 0 Å². The molecule has 0 saturated carbocycles. The zero-order chi connectivity index (χ0) is 21.5. The maximum Gasteiger partial charge on any atom is 0.221 e. The highest BCUT2D eigenvalue weighted by Crippen LogP contribution is 2.25. The second kappa shape index (κ2) is 12.7. The zero-order valence-electron chi connectivity index (χ0n) is 18.6. The smallest absolute Gasteiger partial charge is 0.221 e. The molecule has 0 spiro atoms. The maximum atomic E-state index is 11.4. The summed E-state index contributed by atoms with van der Waals surface area (Å²) in [7, 11) is 1.85. The van der Waals surface area contributed by atoms with Crippen LogP contribution in [0.15, 0.2) is 23.2 Å². The Bertz CT molecular complexity index is 754. The first kappa shape index (κ1) is 26.0. The van der Waals surface area contributed by atoms with Crippen molar-refractivity contribution in [1.82, 2.24) is 15.1 Å². The lowest BCUT2D eigenvalue weighted by molar-refractivity contribution is -0.123. The van der Waals surface area contributed by atoms with E-state index in [2.05, 4.69) is 44.1 Å². The van der Waals surface area contributed by atoms with Crippen molar-refractivity contribution < 1.29 is 4.79 Å². The number of likely N-dealkylation sites (tertiary alicyclic amines) is 1. The minimum atomic E-state index is -0.162. The maximum absolute atomic E-state index is 11.4. The number of nitrogens with one attached hydrogen (secondary N) is 1. The molecule has 3 N–H and O–H groups in total. The molecule has 7 nitrogen and oxygen atoms in total. The molecule has 0 aromatic heterocycles. The van der Waals surface area contributed by atoms with E-state index in [1.54, 1.807) is 0 Å². The second-order valence-electron chi connectivity index (χ2n) is 8.27. The number of halogens is 2. The van der Waals surface area contributed by atoms with Crippen LogP contribution in [0.25, 0.3) is 0 Å². The number of amides is 1. The molecule has 31 heavy (non-hydrogen) atoms. The van der Waals surface area contributed by atoms with E-state index in [4.69, 9.17) is 17.3 Å². The molecular formula is C22H36ClIN6O. The molecule has 1 aromatic rings. The number of benzene rings is 1. The van der Waals surface area contributed by atoms with Crippen LogP contribution in [-0.2, 0) is 4.79 Å². The zero-order valence-corrected chi connectivity index (χ0v) is 21.7. The number of piperidine rings is 1. The van der Waals surface area contributed by atoms with Gasteiger partial charge in [0.2, 0.25) is 5.91 Å². The summed E-state index contributed by atoms with van der Waals surface area (Å²) in [6, 6.07) is 6.09. The van der Waals surface area contributed by atoms with Crippen molar-refractivity contribution in [3.8, 4) is 0 Å². The summed E-state index contributed by atoms with van der Waals surface area (Å²) in [5.74, 6) is 0.815. The molecule has 0 bridgehead atoms. The molecule has 1 amide bonds. The number of nitrogens with two attached hydrogens (primary N) is 1. The molecule has 174 valence electrons. The van der Waals surface area contributed by atoms with Gasteiger partial charge in [-0.1, -0.05) is 17.7 Å². The number of rotatable bonds is 6. The third-order valence-electron chi connectivity index (χ3n) is 6.14. The Hall–Kier alpha value is -1.26. The van der Waals surface area contributed by atoms with Gasteiger partial charge in [0.25, 0.3) is 0 Å². The van der Waals surface area contributed by atoms with E-state index in [1.165, 1.54) is 11.3 Å². The van der Waals surface area contributed by atoms with Crippen molar-refractivity contribution in [3.05, 3.63) is 28.8 Å². The average molecular weight is 563 g/mol. The molecule has 1 aromatic carbocycles. The van der Waals surface area contributed by atoms with E-state index in [9.17, 15) is 4.79 Å². The number of anilines is 1. The molecule has 2 fully saturated rings. The molecule has 2 heterocycles. The first-order valence-electron chi connectivity index (χ1n) is 11.0. The van der Waals surface area contributed by atoms with E-state index in [1.807, 2.05) is 13.1 Å². The van der Waals surface area contributed by atoms with Gasteiger partial charge in [-0.15, -0.1) is 24.0 Å². The Morgan fingerprint density at radius 1 is 1.26 bits per heavy atom. The quantitative estimate of drug-likeness (QED) is 0.241. The van der Waals surface area contributed by atoms with Crippen molar-refractivity contribution in [2.75, 3.05) is 64.3 Å². The predicted molar refractivity (Wildman–Crippen MR) is 140 cm³/mol. The fourth-order valence-corrected chi connectivity index (χ4v) is 4.57. The second-order valence-corrected chi connectivity index (χ2v) is 8.71. The monoisotopic (exact) mass is 562 g/mol. The van der Waals surface area contributed by atoms with Crippen molar-refractivity contribution in [2.45, 2.75) is 26.2 Å². The van der Waals surface area contributed by atoms with Crippen LogP contribution in [0.1, 0.15) is 24.8 Å². The van der Waals surface area contributed by atoms with Gasteiger partial charge in [-0.2, -0.15) is 0 Å². The summed E-state index contributed by atoms with van der Waals surface area (Å²) in [5, 5.41) is 4.29. The molecule has 0 aliphatic carbocycles. The Labute approximate surface area is 208 Å². The molecular weight excluding hydrogens is 527 g/mol. The predicted octanol–water partition coefficient (Wildman–Crippen LogP) is 2.55. The Kier molecular flexibility index (Phi) is 10.6. The lowest BCUT2D eigenvalue weighted by Crippen LogP contribution is -2.53. The number of hydrogen-bond donors (Lipinski definition) is 2. The van der Waals surface area contributed by atoms with Gasteiger partial charge in [-0.3, -0.25) is 9.79 Å². The van der Waals surface area contributed by atoms with Crippen LogP contribution in [0.2, 0.25) is 5.02 Å². The van der Waals surface area contributed by atoms with Crippen LogP contribution >= 0.6 is 35.6 Å². The summed E-state index contributed by atoms with van der Waals surface area (Å²) in [5.41, 5.74) is 7.96. The van der Waals surface area contributed by atoms with Gasteiger partial charge in [-0.05, 0) is 57.0 Å². The number of carbonyl (C=O) groups is 1. The topological polar surface area (TPSA) is 77.2 Å². The number of carbonyl (C=O) groups excluding carboxylic acids is 1. The fraction of sp³-hybridized carbons (Fsp3) is 0.636. The molecule has 2 saturated heterocycles. The van der Waals surface area contributed by atoms with Gasteiger partial charge in [0.1, 0.15) is 0 Å². The molecule has 1 atom stereocenters. The van der Waals surface area contributed by atoms with Crippen molar-refractivity contribution in [3.63, 3.8) is 0 Å². The van der Waals surface area contributed by atoms with E-state index in [0.717, 1.165) is 82.6 Å². The SMILES string of the molecule is CN=C(NCCCN1CCCC(C(N)=O)C1)N1CCN(c2cc(Cl)ccc2C)CC1.I. The number of piperazine rings is 1. The highest BCUT2D eigenvalue weighted by atomic mass is 127. The van der Waals surface area contributed by atoms with Gasteiger partial charge >= 0.3 is 0 Å². The Morgan fingerprint density at radius 3 is 2.68 bits per heavy atom. The first-order chi connectivity index (χ1) is 14.5. The van der Waals surface area contributed by atoms with E-state index < -0.39 is 0 Å². The molecule has 2 aliphatic rings. The van der Waals surface area contributed by atoms with Gasteiger partial charge in [-0.25, -0.2) is 0 Å². The number of nitrogens with zero attached hydrogens (tertiary/aromatic N) is 4. The Balaban J connectivity index is 0.00000341. The third kappa shape index (κ3) is 7.39. The summed E-state index contributed by atoms with van der Waals surface area (Å²) in [4.78, 5) is 23.0.